The van der Waals surface area contributed by atoms with E-state index in [0.29, 0.717) is 43.6 Å². The van der Waals surface area contributed by atoms with Crippen LogP contribution < -0.4 is 9.64 Å². The second-order valence-corrected chi connectivity index (χ2v) is 11.0. The molecule has 0 bridgehead atoms. The average molecular weight is 561 g/mol. The number of amides is 2. The highest BCUT2D eigenvalue weighted by Gasteiger charge is 2.42. The van der Waals surface area contributed by atoms with Crippen LogP contribution in [0.15, 0.2) is 42.5 Å². The molecule has 2 amide bonds. The molecular weight excluding hydrogens is 523 g/mol. The molecule has 2 saturated heterocycles. The summed E-state index contributed by atoms with van der Waals surface area (Å²) >= 11 is 6.18. The lowest BCUT2D eigenvalue weighted by Crippen LogP contribution is -2.59. The van der Waals surface area contributed by atoms with E-state index in [9.17, 15) is 14.0 Å². The predicted octanol–water partition coefficient (Wildman–Crippen LogP) is 3.45. The summed E-state index contributed by atoms with van der Waals surface area (Å²) in [5, 5.41) is 0.651. The van der Waals surface area contributed by atoms with Gasteiger partial charge in [-0.15, -0.1) is 0 Å². The maximum atomic E-state index is 13.4. The molecular formula is C29H38ClFN4O4. The third-order valence-electron chi connectivity index (χ3n) is 7.49. The summed E-state index contributed by atoms with van der Waals surface area (Å²) in [7, 11) is 3.92. The van der Waals surface area contributed by atoms with Crippen molar-refractivity contribution in [2.75, 3.05) is 78.0 Å². The number of anilines is 1. The second kappa shape index (κ2) is 13.0. The molecule has 1 unspecified atom stereocenters. The van der Waals surface area contributed by atoms with Crippen LogP contribution in [0.5, 0.6) is 5.75 Å². The number of halogens is 2. The minimum atomic E-state index is -0.968. The predicted molar refractivity (Wildman–Crippen MR) is 150 cm³/mol. The summed E-state index contributed by atoms with van der Waals surface area (Å²) in [4.78, 5) is 34.4. The summed E-state index contributed by atoms with van der Waals surface area (Å²) in [6, 6.07) is 11.6. The number of carbonyl (C=O) groups is 2. The number of ether oxygens (including phenoxy) is 2. The maximum Gasteiger partial charge on any atom is 0.225 e. The number of carbonyl (C=O) groups excluding carboxylic acids is 2. The largest absolute Gasteiger partial charge is 0.490 e. The van der Waals surface area contributed by atoms with E-state index < -0.39 is 5.60 Å². The highest BCUT2D eigenvalue weighted by molar-refractivity contribution is 6.31. The third kappa shape index (κ3) is 7.84. The van der Waals surface area contributed by atoms with E-state index in [0.717, 1.165) is 24.3 Å². The van der Waals surface area contributed by atoms with Gasteiger partial charge in [-0.1, -0.05) is 11.6 Å². The van der Waals surface area contributed by atoms with E-state index >= 15 is 0 Å². The Balaban J connectivity index is 1.43. The molecule has 2 aromatic rings. The van der Waals surface area contributed by atoms with Gasteiger partial charge in [-0.3, -0.25) is 9.59 Å². The number of hydrogen-bond donors (Lipinski definition) is 0. The number of benzene rings is 2. The molecule has 2 fully saturated rings. The molecule has 10 heteroatoms. The van der Waals surface area contributed by atoms with Gasteiger partial charge in [0.1, 0.15) is 23.8 Å². The van der Waals surface area contributed by atoms with Crippen molar-refractivity contribution in [3.05, 3.63) is 58.9 Å². The molecule has 212 valence electrons. The third-order valence-corrected chi connectivity index (χ3v) is 7.91. The van der Waals surface area contributed by atoms with Crippen molar-refractivity contribution in [3.63, 3.8) is 0 Å². The summed E-state index contributed by atoms with van der Waals surface area (Å²) in [5.41, 5.74) is 0.762. The molecule has 0 saturated carbocycles. The van der Waals surface area contributed by atoms with Gasteiger partial charge >= 0.3 is 0 Å². The Morgan fingerprint density at radius 3 is 2.46 bits per heavy atom. The van der Waals surface area contributed by atoms with Crippen LogP contribution in [0, 0.1) is 12.7 Å². The molecule has 2 aromatic carbocycles. The molecule has 4 rings (SSSR count). The normalized spacial score (nSPS) is 20.1. The van der Waals surface area contributed by atoms with E-state index in [4.69, 9.17) is 21.1 Å². The fraction of sp³-hybridized carbons (Fsp3) is 0.517. The number of piperazine rings is 1. The van der Waals surface area contributed by atoms with Gasteiger partial charge in [0.15, 0.2) is 0 Å². The number of rotatable bonds is 9. The van der Waals surface area contributed by atoms with E-state index in [-0.39, 0.29) is 43.6 Å². The molecule has 39 heavy (non-hydrogen) atoms. The van der Waals surface area contributed by atoms with Crippen LogP contribution in [-0.2, 0) is 14.3 Å². The Labute approximate surface area is 235 Å². The highest BCUT2D eigenvalue weighted by atomic mass is 35.5. The van der Waals surface area contributed by atoms with Crippen LogP contribution in [-0.4, -0.2) is 105 Å². The van der Waals surface area contributed by atoms with E-state index in [1.807, 2.05) is 36.9 Å². The monoisotopic (exact) mass is 560 g/mol. The molecule has 2 aliphatic rings. The van der Waals surface area contributed by atoms with Crippen molar-refractivity contribution < 1.29 is 23.5 Å². The molecule has 0 radical (unpaired) electrons. The van der Waals surface area contributed by atoms with Crippen molar-refractivity contribution >= 4 is 29.1 Å². The zero-order valence-corrected chi connectivity index (χ0v) is 23.8. The van der Waals surface area contributed by atoms with Gasteiger partial charge in [-0.2, -0.15) is 0 Å². The first kappa shape index (κ1) is 29.1. The van der Waals surface area contributed by atoms with Crippen molar-refractivity contribution in [2.24, 2.45) is 0 Å². The molecule has 0 spiro atoms. The Morgan fingerprint density at radius 2 is 1.77 bits per heavy atom. The van der Waals surface area contributed by atoms with Crippen molar-refractivity contribution in [1.82, 2.24) is 14.7 Å². The van der Waals surface area contributed by atoms with E-state index in [2.05, 4.69) is 4.90 Å². The topological polar surface area (TPSA) is 65.6 Å². The van der Waals surface area contributed by atoms with Crippen LogP contribution in [0.3, 0.4) is 0 Å². The number of aryl methyl sites for hydroxylation is 1. The molecule has 8 nitrogen and oxygen atoms in total. The molecule has 2 aliphatic heterocycles. The van der Waals surface area contributed by atoms with Gasteiger partial charge in [0.2, 0.25) is 11.8 Å². The van der Waals surface area contributed by atoms with Crippen LogP contribution in [0.2, 0.25) is 5.02 Å². The van der Waals surface area contributed by atoms with Gasteiger partial charge in [-0.05, 0) is 62.0 Å². The van der Waals surface area contributed by atoms with E-state index in [1.165, 1.54) is 12.1 Å². The Bertz CT molecular complexity index is 1140. The number of likely N-dealkylation sites (N-methyl/N-ethyl adjacent to an activating group) is 1. The second-order valence-electron chi connectivity index (χ2n) is 10.6. The molecule has 0 aromatic heterocycles. The lowest BCUT2D eigenvalue weighted by molar-refractivity contribution is -0.166. The first-order chi connectivity index (χ1) is 18.6. The standard InChI is InChI=1S/C29H38ClFN4O4/c1-22-18-25(8-9-26(22)30)38-21-29(19-28(37)34-14-12-32(2)13-15-34)20-35(16-17-39-29)27(36)10-11-33(3)24-6-4-23(31)5-7-24/h4-9,18H,10-17,19-21H2,1-3H3. The number of morpholine rings is 1. The van der Waals surface area contributed by atoms with Gasteiger partial charge in [0, 0.05) is 63.4 Å². The quantitative estimate of drug-likeness (QED) is 0.468. The fourth-order valence-electron chi connectivity index (χ4n) is 4.91. The first-order valence-electron chi connectivity index (χ1n) is 13.4. The molecule has 1 atom stereocenters. The van der Waals surface area contributed by atoms with Crippen LogP contribution >= 0.6 is 11.6 Å². The van der Waals surface area contributed by atoms with Crippen LogP contribution in [0.1, 0.15) is 18.4 Å². The van der Waals surface area contributed by atoms with Crippen LogP contribution in [0.25, 0.3) is 0 Å². The van der Waals surface area contributed by atoms with Gasteiger partial charge in [0.05, 0.1) is 19.6 Å². The van der Waals surface area contributed by atoms with E-state index in [1.54, 1.807) is 29.2 Å². The average Bonchev–Trinajstić information content (AvgIpc) is 2.93. The van der Waals surface area contributed by atoms with Crippen LogP contribution in [0.4, 0.5) is 10.1 Å². The summed E-state index contributed by atoms with van der Waals surface area (Å²) in [5.74, 6) is 0.321. The minimum Gasteiger partial charge on any atom is -0.490 e. The van der Waals surface area contributed by atoms with Crippen molar-refractivity contribution in [2.45, 2.75) is 25.4 Å². The fourth-order valence-corrected chi connectivity index (χ4v) is 5.03. The Hall–Kier alpha value is -2.88. The lowest BCUT2D eigenvalue weighted by atomic mass is 9.96. The van der Waals surface area contributed by atoms with Crippen molar-refractivity contribution in [1.29, 1.82) is 0 Å². The zero-order chi connectivity index (χ0) is 28.0. The number of hydrogen-bond acceptors (Lipinski definition) is 6. The summed E-state index contributed by atoms with van der Waals surface area (Å²) in [6.45, 7) is 6.53. The Kier molecular flexibility index (Phi) is 9.69. The lowest BCUT2D eigenvalue weighted by Gasteiger charge is -2.43. The molecule has 2 heterocycles. The van der Waals surface area contributed by atoms with Gasteiger partial charge in [0.25, 0.3) is 0 Å². The van der Waals surface area contributed by atoms with Crippen molar-refractivity contribution in [3.8, 4) is 5.75 Å². The summed E-state index contributed by atoms with van der Waals surface area (Å²) in [6.07, 6.45) is 0.413. The summed E-state index contributed by atoms with van der Waals surface area (Å²) < 4.78 is 25.7. The highest BCUT2D eigenvalue weighted by Crippen LogP contribution is 2.28. The van der Waals surface area contributed by atoms with Gasteiger partial charge < -0.3 is 29.1 Å². The maximum absolute atomic E-state index is 13.4. The first-order valence-corrected chi connectivity index (χ1v) is 13.8. The smallest absolute Gasteiger partial charge is 0.225 e. The zero-order valence-electron chi connectivity index (χ0n) is 23.0. The van der Waals surface area contributed by atoms with Gasteiger partial charge in [-0.25, -0.2) is 4.39 Å². The molecule has 0 aliphatic carbocycles. The minimum absolute atomic E-state index is 0.00401. The Morgan fingerprint density at radius 1 is 1.05 bits per heavy atom. The number of nitrogens with zero attached hydrogens (tertiary/aromatic N) is 4. The molecule has 0 N–H and O–H groups in total. The SMILES string of the molecule is Cc1cc(OCC2(CC(=O)N3CCN(C)CC3)CN(C(=O)CCN(C)c3ccc(F)cc3)CCO2)ccc1Cl.